The van der Waals surface area contributed by atoms with Crippen molar-refractivity contribution in [3.63, 3.8) is 0 Å². The van der Waals surface area contributed by atoms with Gasteiger partial charge in [-0.15, -0.1) is 0 Å². The van der Waals surface area contributed by atoms with Crippen molar-refractivity contribution in [3.8, 4) is 0 Å². The number of nitrogens with zero attached hydrogens (tertiary/aromatic N) is 2. The minimum atomic E-state index is -0.338. The van der Waals surface area contributed by atoms with Crippen molar-refractivity contribution in [1.29, 1.82) is 0 Å². The van der Waals surface area contributed by atoms with E-state index >= 15 is 0 Å². The van der Waals surface area contributed by atoms with Gasteiger partial charge in [-0.3, -0.25) is 14.4 Å². The highest BCUT2D eigenvalue weighted by Gasteiger charge is 2.32. The lowest BCUT2D eigenvalue weighted by molar-refractivity contribution is -0.139. The number of piperazine rings is 1. The molecule has 2 saturated heterocycles. The third kappa shape index (κ3) is 4.11. The second-order valence-electron chi connectivity index (χ2n) is 6.43. The van der Waals surface area contributed by atoms with Gasteiger partial charge in [0.25, 0.3) is 5.91 Å². The summed E-state index contributed by atoms with van der Waals surface area (Å²) in [6.45, 7) is 5.90. The van der Waals surface area contributed by atoms with Gasteiger partial charge in [-0.1, -0.05) is 12.6 Å². The molecule has 3 rings (SSSR count). The summed E-state index contributed by atoms with van der Waals surface area (Å²) in [6.07, 6.45) is 2.87. The highest BCUT2D eigenvalue weighted by atomic mass is 16.5. The molecule has 1 aromatic carbocycles. The Hall–Kier alpha value is -2.67. The molecule has 0 bridgehead atoms. The lowest BCUT2D eigenvalue weighted by Gasteiger charge is -2.40. The van der Waals surface area contributed by atoms with Crippen LogP contribution in [0.4, 0.5) is 5.69 Å². The molecule has 2 aliphatic rings. The maximum Gasteiger partial charge on any atom is 0.254 e. The zero-order valence-corrected chi connectivity index (χ0v) is 14.6. The molecule has 2 heterocycles. The van der Waals surface area contributed by atoms with E-state index in [9.17, 15) is 14.4 Å². The van der Waals surface area contributed by atoms with E-state index in [-0.39, 0.29) is 30.3 Å². The number of rotatable bonds is 4. The van der Waals surface area contributed by atoms with Crippen molar-refractivity contribution in [2.45, 2.75) is 18.9 Å². The summed E-state index contributed by atoms with van der Waals surface area (Å²) in [5, 5.41) is 2.63. The van der Waals surface area contributed by atoms with E-state index in [0.717, 1.165) is 12.8 Å². The molecule has 0 spiro atoms. The first-order valence-corrected chi connectivity index (χ1v) is 8.78. The summed E-state index contributed by atoms with van der Waals surface area (Å²) in [5.41, 5.74) is 0.965. The van der Waals surface area contributed by atoms with Gasteiger partial charge in [0.15, 0.2) is 0 Å². The molecule has 1 N–H and O–H groups in total. The SMILES string of the molecule is C=CC(=O)Nc1cccc(C(=O)N2CCN(C3CCOCC3)C(=O)C2)c1. The number of nitrogens with one attached hydrogen (secondary N) is 1. The number of amides is 3. The minimum Gasteiger partial charge on any atom is -0.381 e. The summed E-state index contributed by atoms with van der Waals surface area (Å²) in [7, 11) is 0. The quantitative estimate of drug-likeness (QED) is 0.823. The molecule has 0 radical (unpaired) electrons. The summed E-state index contributed by atoms with van der Waals surface area (Å²) >= 11 is 0. The molecule has 0 unspecified atom stereocenters. The number of ether oxygens (including phenoxy) is 1. The fourth-order valence-corrected chi connectivity index (χ4v) is 3.35. The molecule has 2 aliphatic heterocycles. The first-order valence-electron chi connectivity index (χ1n) is 8.78. The maximum absolute atomic E-state index is 12.7. The minimum absolute atomic E-state index is 0.0207. The highest BCUT2D eigenvalue weighted by molar-refractivity contribution is 6.01. The average Bonchev–Trinajstić information content (AvgIpc) is 2.68. The first-order chi connectivity index (χ1) is 12.6. The average molecular weight is 357 g/mol. The second-order valence-corrected chi connectivity index (χ2v) is 6.43. The van der Waals surface area contributed by atoms with Crippen LogP contribution in [0.2, 0.25) is 0 Å². The van der Waals surface area contributed by atoms with Crippen LogP contribution in [0, 0.1) is 0 Å². The third-order valence-corrected chi connectivity index (χ3v) is 4.74. The molecule has 0 aliphatic carbocycles. The van der Waals surface area contributed by atoms with E-state index < -0.39 is 0 Å². The Bertz CT molecular complexity index is 712. The van der Waals surface area contributed by atoms with Crippen molar-refractivity contribution >= 4 is 23.4 Å². The largest absolute Gasteiger partial charge is 0.381 e. The molecule has 3 amide bonds. The number of carbonyl (C=O) groups excluding carboxylic acids is 3. The van der Waals surface area contributed by atoms with Crippen molar-refractivity contribution in [2.75, 3.05) is 38.2 Å². The predicted octanol–water partition coefficient (Wildman–Crippen LogP) is 1.27. The van der Waals surface area contributed by atoms with Crippen LogP contribution in [0.1, 0.15) is 23.2 Å². The maximum atomic E-state index is 12.7. The first kappa shape index (κ1) is 18.1. The molecule has 1 aromatic rings. The molecule has 0 atom stereocenters. The summed E-state index contributed by atoms with van der Waals surface area (Å²) in [4.78, 5) is 40.1. The van der Waals surface area contributed by atoms with Gasteiger partial charge in [-0.25, -0.2) is 0 Å². The predicted molar refractivity (Wildman–Crippen MR) is 96.7 cm³/mol. The molecular weight excluding hydrogens is 334 g/mol. The fraction of sp³-hybridized carbons (Fsp3) is 0.421. The highest BCUT2D eigenvalue weighted by Crippen LogP contribution is 2.19. The molecule has 0 saturated carbocycles. The van der Waals surface area contributed by atoms with Crippen LogP contribution in [0.5, 0.6) is 0 Å². The Morgan fingerprint density at radius 2 is 2.00 bits per heavy atom. The van der Waals surface area contributed by atoms with E-state index in [0.29, 0.717) is 37.6 Å². The van der Waals surface area contributed by atoms with Crippen molar-refractivity contribution in [3.05, 3.63) is 42.5 Å². The molecule has 138 valence electrons. The Balaban J connectivity index is 1.64. The van der Waals surface area contributed by atoms with Crippen LogP contribution in [-0.4, -0.2) is 66.4 Å². The van der Waals surface area contributed by atoms with Gasteiger partial charge in [0.2, 0.25) is 11.8 Å². The van der Waals surface area contributed by atoms with E-state index in [1.54, 1.807) is 29.2 Å². The zero-order chi connectivity index (χ0) is 18.5. The molecule has 2 fully saturated rings. The molecule has 26 heavy (non-hydrogen) atoms. The standard InChI is InChI=1S/C19H23N3O4/c1-2-17(23)20-15-5-3-4-14(12-15)19(25)21-8-9-22(18(24)13-21)16-6-10-26-11-7-16/h2-5,12,16H,1,6-11,13H2,(H,20,23). The van der Waals surface area contributed by atoms with Crippen LogP contribution in [0.25, 0.3) is 0 Å². The van der Waals surface area contributed by atoms with Gasteiger partial charge in [-0.2, -0.15) is 0 Å². The van der Waals surface area contributed by atoms with E-state index in [1.165, 1.54) is 6.08 Å². The van der Waals surface area contributed by atoms with Crippen molar-refractivity contribution in [1.82, 2.24) is 9.80 Å². The lowest BCUT2D eigenvalue weighted by Crippen LogP contribution is -2.56. The Morgan fingerprint density at radius 3 is 2.69 bits per heavy atom. The van der Waals surface area contributed by atoms with Gasteiger partial charge in [0.1, 0.15) is 6.54 Å². The van der Waals surface area contributed by atoms with Crippen LogP contribution < -0.4 is 5.32 Å². The normalized spacial score (nSPS) is 18.5. The molecule has 0 aromatic heterocycles. The van der Waals surface area contributed by atoms with Gasteiger partial charge in [-0.05, 0) is 37.1 Å². The van der Waals surface area contributed by atoms with Crippen LogP contribution in [-0.2, 0) is 14.3 Å². The number of hydrogen-bond acceptors (Lipinski definition) is 4. The number of benzene rings is 1. The van der Waals surface area contributed by atoms with Crippen LogP contribution in [0.3, 0.4) is 0 Å². The van der Waals surface area contributed by atoms with Gasteiger partial charge in [0, 0.05) is 43.6 Å². The Labute approximate surface area is 152 Å². The lowest BCUT2D eigenvalue weighted by atomic mass is 10.1. The van der Waals surface area contributed by atoms with Gasteiger partial charge < -0.3 is 19.9 Å². The zero-order valence-electron chi connectivity index (χ0n) is 14.6. The van der Waals surface area contributed by atoms with Crippen molar-refractivity contribution in [2.24, 2.45) is 0 Å². The summed E-state index contributed by atoms with van der Waals surface area (Å²) in [5.74, 6) is -0.567. The van der Waals surface area contributed by atoms with E-state index in [1.807, 2.05) is 4.90 Å². The molecule has 7 nitrogen and oxygen atoms in total. The van der Waals surface area contributed by atoms with E-state index in [4.69, 9.17) is 4.74 Å². The second kappa shape index (κ2) is 8.14. The topological polar surface area (TPSA) is 79.0 Å². The van der Waals surface area contributed by atoms with Crippen LogP contribution in [0.15, 0.2) is 36.9 Å². The monoisotopic (exact) mass is 357 g/mol. The number of hydrogen-bond donors (Lipinski definition) is 1. The summed E-state index contributed by atoms with van der Waals surface area (Å²) < 4.78 is 5.35. The van der Waals surface area contributed by atoms with E-state index in [2.05, 4.69) is 11.9 Å². The molecular formula is C19H23N3O4. The Kier molecular flexibility index (Phi) is 5.68. The number of carbonyl (C=O) groups is 3. The van der Waals surface area contributed by atoms with Crippen molar-refractivity contribution < 1.29 is 19.1 Å². The summed E-state index contributed by atoms with van der Waals surface area (Å²) in [6, 6.07) is 6.91. The number of anilines is 1. The Morgan fingerprint density at radius 1 is 1.23 bits per heavy atom. The smallest absolute Gasteiger partial charge is 0.254 e. The third-order valence-electron chi connectivity index (χ3n) is 4.74. The van der Waals surface area contributed by atoms with Gasteiger partial charge in [0.05, 0.1) is 0 Å². The van der Waals surface area contributed by atoms with Crippen LogP contribution >= 0.6 is 0 Å². The molecule has 7 heteroatoms. The van der Waals surface area contributed by atoms with Gasteiger partial charge >= 0.3 is 0 Å². The fourth-order valence-electron chi connectivity index (χ4n) is 3.35.